The van der Waals surface area contributed by atoms with E-state index < -0.39 is 6.10 Å². The van der Waals surface area contributed by atoms with Crippen molar-refractivity contribution in [1.82, 2.24) is 4.98 Å². The summed E-state index contributed by atoms with van der Waals surface area (Å²) in [7, 11) is 0. The number of anilines is 1. The molecule has 5 heteroatoms. The van der Waals surface area contributed by atoms with Crippen molar-refractivity contribution < 1.29 is 9.52 Å². The summed E-state index contributed by atoms with van der Waals surface area (Å²) in [6.07, 6.45) is 1.30. The second-order valence-corrected chi connectivity index (χ2v) is 4.19. The molecule has 0 radical (unpaired) electrons. The minimum atomic E-state index is -0.710. The van der Waals surface area contributed by atoms with E-state index in [2.05, 4.69) is 20.9 Å². The van der Waals surface area contributed by atoms with Crippen LogP contribution >= 0.6 is 15.9 Å². The summed E-state index contributed by atoms with van der Waals surface area (Å²) in [5.41, 5.74) is 6.50. The number of nitrogens with zero attached hydrogens (tertiary/aromatic N) is 1. The highest BCUT2D eigenvalue weighted by molar-refractivity contribution is 9.10. The average molecular weight is 283 g/mol. The van der Waals surface area contributed by atoms with Crippen LogP contribution in [0.4, 0.5) is 5.82 Å². The maximum atomic E-state index is 9.91. The molecule has 0 saturated heterocycles. The molecular formula is C11H11BrN2O2. The number of aromatic nitrogens is 1. The van der Waals surface area contributed by atoms with Crippen LogP contribution in [0.2, 0.25) is 0 Å². The van der Waals surface area contributed by atoms with Gasteiger partial charge in [0.2, 0.25) is 0 Å². The van der Waals surface area contributed by atoms with Gasteiger partial charge in [-0.3, -0.25) is 0 Å². The predicted molar refractivity (Wildman–Crippen MR) is 63.7 cm³/mol. The van der Waals surface area contributed by atoms with Crippen molar-refractivity contribution >= 4 is 21.7 Å². The van der Waals surface area contributed by atoms with E-state index in [0.717, 1.165) is 5.56 Å². The molecule has 1 unspecified atom stereocenters. The van der Waals surface area contributed by atoms with Crippen molar-refractivity contribution in [1.29, 1.82) is 0 Å². The molecule has 0 aliphatic carbocycles. The maximum absolute atomic E-state index is 9.91. The number of furan rings is 1. The van der Waals surface area contributed by atoms with E-state index >= 15 is 0 Å². The van der Waals surface area contributed by atoms with Gasteiger partial charge in [-0.05, 0) is 39.7 Å². The van der Waals surface area contributed by atoms with Crippen LogP contribution in [0.5, 0.6) is 0 Å². The fraction of sp³-hybridized carbons (Fsp3) is 0.182. The molecule has 2 aromatic heterocycles. The predicted octanol–water partition coefficient (Wildman–Crippen LogP) is 2.30. The van der Waals surface area contributed by atoms with Gasteiger partial charge in [0, 0.05) is 12.6 Å². The zero-order chi connectivity index (χ0) is 11.5. The molecule has 2 aromatic rings. The van der Waals surface area contributed by atoms with Gasteiger partial charge >= 0.3 is 0 Å². The molecular weight excluding hydrogens is 272 g/mol. The molecule has 0 aliphatic heterocycles. The number of pyridine rings is 1. The lowest BCUT2D eigenvalue weighted by Crippen LogP contribution is -2.04. The largest absolute Gasteiger partial charge is 0.452 e. The minimum absolute atomic E-state index is 0.389. The summed E-state index contributed by atoms with van der Waals surface area (Å²) in [6.45, 7) is 0. The number of hydrogen-bond acceptors (Lipinski definition) is 4. The normalized spacial score (nSPS) is 12.6. The van der Waals surface area contributed by atoms with Gasteiger partial charge in [-0.15, -0.1) is 0 Å². The van der Waals surface area contributed by atoms with Crippen LogP contribution in [0.25, 0.3) is 0 Å². The van der Waals surface area contributed by atoms with Crippen LogP contribution in [0.1, 0.15) is 17.4 Å². The lowest BCUT2D eigenvalue weighted by molar-refractivity contribution is 0.149. The lowest BCUT2D eigenvalue weighted by atomic mass is 10.1. The summed E-state index contributed by atoms with van der Waals surface area (Å²) >= 11 is 3.19. The van der Waals surface area contributed by atoms with Crippen molar-refractivity contribution in [3.63, 3.8) is 0 Å². The molecule has 0 fully saturated rings. The summed E-state index contributed by atoms with van der Waals surface area (Å²) in [4.78, 5) is 3.96. The van der Waals surface area contributed by atoms with Gasteiger partial charge in [0.05, 0.1) is 0 Å². The molecule has 0 amide bonds. The first-order chi connectivity index (χ1) is 7.66. The fourth-order valence-corrected chi connectivity index (χ4v) is 1.76. The van der Waals surface area contributed by atoms with Crippen LogP contribution in [-0.4, -0.2) is 10.1 Å². The molecule has 84 valence electrons. The second-order valence-electron chi connectivity index (χ2n) is 3.41. The molecule has 0 aromatic carbocycles. The monoisotopic (exact) mass is 282 g/mol. The van der Waals surface area contributed by atoms with E-state index in [-0.39, 0.29) is 0 Å². The van der Waals surface area contributed by atoms with E-state index in [1.54, 1.807) is 24.4 Å². The molecule has 2 heterocycles. The highest BCUT2D eigenvalue weighted by Crippen LogP contribution is 2.24. The zero-order valence-electron chi connectivity index (χ0n) is 8.43. The highest BCUT2D eigenvalue weighted by atomic mass is 79.9. The number of halogens is 1. The molecule has 2 rings (SSSR count). The summed E-state index contributed by atoms with van der Waals surface area (Å²) in [6, 6.07) is 7.09. The fourth-order valence-electron chi connectivity index (χ4n) is 1.44. The van der Waals surface area contributed by atoms with Gasteiger partial charge in [-0.25, -0.2) is 4.98 Å². The van der Waals surface area contributed by atoms with Gasteiger partial charge in [-0.2, -0.15) is 0 Å². The van der Waals surface area contributed by atoms with E-state index in [1.165, 1.54) is 0 Å². The van der Waals surface area contributed by atoms with Crippen molar-refractivity contribution in [3.05, 3.63) is 46.5 Å². The molecule has 16 heavy (non-hydrogen) atoms. The van der Waals surface area contributed by atoms with Gasteiger partial charge < -0.3 is 15.3 Å². The summed E-state index contributed by atoms with van der Waals surface area (Å²) in [5, 5.41) is 9.91. The summed E-state index contributed by atoms with van der Waals surface area (Å²) in [5.74, 6) is 0.947. The average Bonchev–Trinajstić information content (AvgIpc) is 2.68. The van der Waals surface area contributed by atoms with Crippen molar-refractivity contribution in [2.75, 3.05) is 5.73 Å². The Bertz CT molecular complexity index is 484. The third kappa shape index (κ3) is 2.43. The van der Waals surface area contributed by atoms with Gasteiger partial charge in [0.1, 0.15) is 17.7 Å². The number of hydrogen-bond donors (Lipinski definition) is 2. The molecule has 0 aliphatic rings. The number of aliphatic hydroxyl groups excluding tert-OH is 1. The topological polar surface area (TPSA) is 72.3 Å². The molecule has 4 nitrogen and oxygen atoms in total. The maximum Gasteiger partial charge on any atom is 0.169 e. The Morgan fingerprint density at radius 3 is 2.88 bits per heavy atom. The Balaban J connectivity index is 2.13. The number of nitrogens with two attached hydrogens (primary N) is 1. The molecule has 1 atom stereocenters. The molecule has 0 saturated carbocycles. The van der Waals surface area contributed by atoms with Crippen molar-refractivity contribution in [2.24, 2.45) is 0 Å². The molecule has 0 bridgehead atoms. The van der Waals surface area contributed by atoms with Gasteiger partial charge in [0.15, 0.2) is 4.67 Å². The Morgan fingerprint density at radius 2 is 2.25 bits per heavy atom. The van der Waals surface area contributed by atoms with E-state index in [1.807, 2.05) is 6.07 Å². The van der Waals surface area contributed by atoms with Crippen molar-refractivity contribution in [2.45, 2.75) is 12.5 Å². The first kappa shape index (κ1) is 11.2. The third-order valence-electron chi connectivity index (χ3n) is 2.26. The van der Waals surface area contributed by atoms with E-state index in [4.69, 9.17) is 10.2 Å². The summed E-state index contributed by atoms with van der Waals surface area (Å²) < 4.78 is 5.86. The Hall–Kier alpha value is -1.33. The Kier molecular flexibility index (Phi) is 3.26. The second kappa shape index (κ2) is 4.67. The lowest BCUT2D eigenvalue weighted by Gasteiger charge is -2.08. The Labute approximate surface area is 101 Å². The SMILES string of the molecule is Nc1ncccc1CC(O)c1ccc(Br)o1. The van der Waals surface area contributed by atoms with Crippen LogP contribution in [0.3, 0.4) is 0 Å². The van der Waals surface area contributed by atoms with Gasteiger partial charge in [-0.1, -0.05) is 6.07 Å². The number of nitrogen functional groups attached to an aromatic ring is 1. The minimum Gasteiger partial charge on any atom is -0.452 e. The number of aliphatic hydroxyl groups is 1. The molecule has 0 spiro atoms. The first-order valence-electron chi connectivity index (χ1n) is 4.79. The van der Waals surface area contributed by atoms with E-state index in [0.29, 0.717) is 22.7 Å². The first-order valence-corrected chi connectivity index (χ1v) is 5.59. The van der Waals surface area contributed by atoms with Crippen LogP contribution in [0.15, 0.2) is 39.5 Å². The molecule has 3 N–H and O–H groups in total. The van der Waals surface area contributed by atoms with E-state index in [9.17, 15) is 5.11 Å². The Morgan fingerprint density at radius 1 is 1.44 bits per heavy atom. The highest BCUT2D eigenvalue weighted by Gasteiger charge is 2.14. The third-order valence-corrected chi connectivity index (χ3v) is 2.69. The van der Waals surface area contributed by atoms with Gasteiger partial charge in [0.25, 0.3) is 0 Å². The van der Waals surface area contributed by atoms with Crippen LogP contribution < -0.4 is 5.73 Å². The van der Waals surface area contributed by atoms with Crippen molar-refractivity contribution in [3.8, 4) is 0 Å². The van der Waals surface area contributed by atoms with Crippen LogP contribution in [0, 0.1) is 0 Å². The standard InChI is InChI=1S/C11H11BrN2O2/c12-10-4-3-9(16-10)8(15)6-7-2-1-5-14-11(7)13/h1-5,8,15H,6H2,(H2,13,14). The quantitative estimate of drug-likeness (QED) is 0.906. The number of rotatable bonds is 3. The zero-order valence-corrected chi connectivity index (χ0v) is 10.0. The van der Waals surface area contributed by atoms with Crippen LogP contribution in [-0.2, 0) is 6.42 Å². The smallest absolute Gasteiger partial charge is 0.169 e.